The maximum Gasteiger partial charge on any atom is 0.251 e. The number of hydrogen-bond acceptors (Lipinski definition) is 5. The van der Waals surface area contributed by atoms with E-state index in [1.807, 2.05) is 11.6 Å². The van der Waals surface area contributed by atoms with Gasteiger partial charge in [-0.15, -0.1) is 11.3 Å². The number of likely N-dealkylation sites (tertiary alicyclic amines) is 1. The van der Waals surface area contributed by atoms with Crippen molar-refractivity contribution in [1.29, 1.82) is 0 Å². The molecule has 5 nitrogen and oxygen atoms in total. The highest BCUT2D eigenvalue weighted by Crippen LogP contribution is 2.34. The highest BCUT2D eigenvalue weighted by atomic mass is 32.1. The number of nitrogens with zero attached hydrogens (tertiary/aromatic N) is 3. The highest BCUT2D eigenvalue weighted by molar-refractivity contribution is 7.09. The molecule has 0 aliphatic carbocycles. The van der Waals surface area contributed by atoms with Crippen molar-refractivity contribution in [3.05, 3.63) is 16.6 Å². The lowest BCUT2D eigenvalue weighted by atomic mass is 10.1. The summed E-state index contributed by atoms with van der Waals surface area (Å²) < 4.78 is 5.91. The number of amides is 1. The van der Waals surface area contributed by atoms with E-state index in [1.165, 1.54) is 0 Å². The van der Waals surface area contributed by atoms with E-state index in [0.717, 1.165) is 30.9 Å². The Morgan fingerprint density at radius 1 is 1.63 bits per heavy atom. The van der Waals surface area contributed by atoms with E-state index in [0.29, 0.717) is 6.04 Å². The Balaban J connectivity index is 1.64. The Morgan fingerprint density at radius 3 is 3.16 bits per heavy atom. The van der Waals surface area contributed by atoms with Crippen LogP contribution >= 0.6 is 11.3 Å². The highest BCUT2D eigenvalue weighted by Gasteiger charge is 2.45. The van der Waals surface area contributed by atoms with Crippen molar-refractivity contribution in [3.63, 3.8) is 0 Å². The van der Waals surface area contributed by atoms with Crippen LogP contribution in [0.3, 0.4) is 0 Å². The molecule has 2 fully saturated rings. The summed E-state index contributed by atoms with van der Waals surface area (Å²) in [6.07, 6.45) is 3.63. The van der Waals surface area contributed by atoms with Crippen molar-refractivity contribution in [1.82, 2.24) is 14.8 Å². The molecule has 3 heterocycles. The summed E-state index contributed by atoms with van der Waals surface area (Å²) in [6.45, 7) is 1.92. The van der Waals surface area contributed by atoms with Crippen molar-refractivity contribution in [3.8, 4) is 0 Å². The number of aromatic nitrogens is 1. The third kappa shape index (κ3) is 2.52. The Hall–Kier alpha value is -0.980. The molecule has 0 saturated carbocycles. The van der Waals surface area contributed by atoms with Crippen molar-refractivity contribution >= 4 is 17.2 Å². The van der Waals surface area contributed by atoms with Crippen LogP contribution in [-0.4, -0.2) is 59.6 Å². The van der Waals surface area contributed by atoms with Gasteiger partial charge >= 0.3 is 0 Å². The van der Waals surface area contributed by atoms with Crippen LogP contribution in [0.5, 0.6) is 0 Å². The second kappa shape index (κ2) is 5.19. The van der Waals surface area contributed by atoms with E-state index in [2.05, 4.69) is 9.88 Å². The summed E-state index contributed by atoms with van der Waals surface area (Å²) in [6, 6.07) is 0.373. The molecule has 0 aromatic carbocycles. The number of ether oxygens (including phenoxy) is 1. The first kappa shape index (κ1) is 13.0. The molecule has 1 aromatic heterocycles. The van der Waals surface area contributed by atoms with Gasteiger partial charge in [0.05, 0.1) is 12.6 Å². The molecule has 0 bridgehead atoms. The maximum absolute atomic E-state index is 12.0. The first-order valence-electron chi connectivity index (χ1n) is 6.64. The molecule has 0 radical (unpaired) electrons. The molecule has 1 amide bonds. The van der Waals surface area contributed by atoms with Crippen molar-refractivity contribution in [2.24, 2.45) is 0 Å². The van der Waals surface area contributed by atoms with Crippen LogP contribution in [0.1, 0.15) is 17.8 Å². The zero-order valence-electron chi connectivity index (χ0n) is 11.3. The van der Waals surface area contributed by atoms with Gasteiger partial charge in [-0.2, -0.15) is 0 Å². The van der Waals surface area contributed by atoms with Crippen molar-refractivity contribution in [2.75, 3.05) is 20.6 Å². The largest absolute Gasteiger partial charge is 0.363 e. The van der Waals surface area contributed by atoms with Crippen LogP contribution in [0, 0.1) is 0 Å². The van der Waals surface area contributed by atoms with Crippen LogP contribution in [0.15, 0.2) is 11.6 Å². The summed E-state index contributed by atoms with van der Waals surface area (Å²) in [4.78, 5) is 20.3. The van der Waals surface area contributed by atoms with E-state index in [4.69, 9.17) is 4.74 Å². The molecule has 3 rings (SSSR count). The zero-order valence-corrected chi connectivity index (χ0v) is 12.1. The molecule has 3 atom stereocenters. The molecule has 104 valence electrons. The van der Waals surface area contributed by atoms with Gasteiger partial charge in [-0.25, -0.2) is 4.98 Å². The predicted molar refractivity (Wildman–Crippen MR) is 72.9 cm³/mol. The Morgan fingerprint density at radius 2 is 2.47 bits per heavy atom. The van der Waals surface area contributed by atoms with Gasteiger partial charge in [0, 0.05) is 44.7 Å². The first-order chi connectivity index (χ1) is 9.15. The van der Waals surface area contributed by atoms with Crippen LogP contribution in [0.2, 0.25) is 0 Å². The second-order valence-electron chi connectivity index (χ2n) is 5.38. The van der Waals surface area contributed by atoms with E-state index >= 15 is 0 Å². The van der Waals surface area contributed by atoms with Crippen LogP contribution in [0.25, 0.3) is 0 Å². The average molecular weight is 281 g/mol. The smallest absolute Gasteiger partial charge is 0.251 e. The van der Waals surface area contributed by atoms with E-state index in [1.54, 1.807) is 30.3 Å². The number of fused-ring (bicyclic) bond motifs is 1. The average Bonchev–Trinajstić information content (AvgIpc) is 3.07. The number of hydrogen-bond donors (Lipinski definition) is 0. The number of likely N-dealkylation sites (N-methyl/N-ethyl adjacent to an activating group) is 1. The van der Waals surface area contributed by atoms with Crippen LogP contribution in [0.4, 0.5) is 0 Å². The lowest BCUT2D eigenvalue weighted by molar-refractivity contribution is -0.140. The predicted octanol–water partition coefficient (Wildman–Crippen LogP) is 0.963. The Kier molecular flexibility index (Phi) is 3.56. The normalized spacial score (nSPS) is 30.5. The third-order valence-corrected chi connectivity index (χ3v) is 4.70. The summed E-state index contributed by atoms with van der Waals surface area (Å²) in [5, 5.41) is 3.15. The maximum atomic E-state index is 12.0. The number of carbonyl (C=O) groups excluding carboxylic acids is 1. The molecule has 0 N–H and O–H groups in total. The fourth-order valence-electron chi connectivity index (χ4n) is 2.98. The molecule has 6 heteroatoms. The van der Waals surface area contributed by atoms with Gasteiger partial charge in [0.25, 0.3) is 5.91 Å². The minimum absolute atomic E-state index is 0.0867. The Bertz CT molecular complexity index is 449. The number of rotatable bonds is 3. The van der Waals surface area contributed by atoms with Crippen LogP contribution < -0.4 is 0 Å². The van der Waals surface area contributed by atoms with Crippen molar-refractivity contribution < 1.29 is 9.53 Å². The molecule has 1 aromatic rings. The van der Waals surface area contributed by atoms with Crippen molar-refractivity contribution in [2.45, 2.75) is 37.6 Å². The lowest BCUT2D eigenvalue weighted by Gasteiger charge is -2.21. The number of thiazole rings is 1. The Labute approximate surface area is 117 Å². The molecule has 2 saturated heterocycles. The van der Waals surface area contributed by atoms with Crippen LogP contribution in [-0.2, 0) is 16.1 Å². The molecule has 2 aliphatic heterocycles. The van der Waals surface area contributed by atoms with E-state index in [-0.39, 0.29) is 18.1 Å². The van der Waals surface area contributed by atoms with E-state index < -0.39 is 0 Å². The number of carbonyl (C=O) groups is 1. The second-order valence-corrected chi connectivity index (χ2v) is 6.36. The first-order valence-corrected chi connectivity index (χ1v) is 7.52. The van der Waals surface area contributed by atoms with Gasteiger partial charge in [-0.05, 0) is 6.42 Å². The summed E-state index contributed by atoms with van der Waals surface area (Å²) in [5.74, 6) is 0.0867. The topological polar surface area (TPSA) is 45.7 Å². The standard InChI is InChI=1S/C13H19N3O2S/c1-15(2)13(17)11-7-9-10(18-11)3-5-16(9)8-12-14-4-6-19-12/h4,6,9-11H,3,5,7-8H2,1-2H3/t9-,10-,11+/m0/s1. The minimum Gasteiger partial charge on any atom is -0.363 e. The van der Waals surface area contributed by atoms with Gasteiger partial charge in [-0.3, -0.25) is 9.69 Å². The summed E-state index contributed by atoms with van der Waals surface area (Å²) >= 11 is 1.69. The van der Waals surface area contributed by atoms with Gasteiger partial charge in [0.2, 0.25) is 0 Å². The lowest BCUT2D eigenvalue weighted by Crippen LogP contribution is -2.35. The fraction of sp³-hybridized carbons (Fsp3) is 0.692. The monoisotopic (exact) mass is 281 g/mol. The summed E-state index contributed by atoms with van der Waals surface area (Å²) in [5.41, 5.74) is 0. The van der Waals surface area contributed by atoms with E-state index in [9.17, 15) is 4.79 Å². The van der Waals surface area contributed by atoms with Gasteiger partial charge in [0.15, 0.2) is 0 Å². The molecule has 2 aliphatic rings. The molecular weight excluding hydrogens is 262 g/mol. The molecule has 0 unspecified atom stereocenters. The molecule has 19 heavy (non-hydrogen) atoms. The third-order valence-electron chi connectivity index (χ3n) is 3.93. The minimum atomic E-state index is -0.260. The van der Waals surface area contributed by atoms with Gasteiger partial charge in [-0.1, -0.05) is 0 Å². The molecular formula is C13H19N3O2S. The zero-order chi connectivity index (χ0) is 13.4. The van der Waals surface area contributed by atoms with Gasteiger partial charge < -0.3 is 9.64 Å². The van der Waals surface area contributed by atoms with Gasteiger partial charge in [0.1, 0.15) is 11.1 Å². The SMILES string of the molecule is CN(C)C(=O)[C@H]1C[C@H]2[C@H](CCN2Cc2nccs2)O1. The quantitative estimate of drug-likeness (QED) is 0.828. The molecule has 0 spiro atoms. The fourth-order valence-corrected chi connectivity index (χ4v) is 3.62. The summed E-state index contributed by atoms with van der Waals surface area (Å²) in [7, 11) is 3.57.